The van der Waals surface area contributed by atoms with Crippen molar-refractivity contribution in [2.75, 3.05) is 5.33 Å². The molecule has 0 aliphatic carbocycles. The van der Waals surface area contributed by atoms with Crippen LogP contribution in [-0.2, 0) is 12.8 Å². The Balaban J connectivity index is 2.13. The molecular weight excluding hydrogens is 423 g/mol. The van der Waals surface area contributed by atoms with Crippen LogP contribution in [0.5, 0.6) is 0 Å². The van der Waals surface area contributed by atoms with Crippen molar-refractivity contribution in [3.8, 4) is 0 Å². The zero-order valence-electron chi connectivity index (χ0n) is 10.8. The van der Waals surface area contributed by atoms with Gasteiger partial charge in [0.1, 0.15) is 0 Å². The van der Waals surface area contributed by atoms with E-state index < -0.39 is 0 Å². The predicted octanol–water partition coefficient (Wildman–Crippen LogP) is 6.55. The molecule has 0 amide bonds. The smallest absolute Gasteiger partial charge is 0.0452 e. The van der Waals surface area contributed by atoms with Gasteiger partial charge in [0, 0.05) is 19.8 Å². The first-order valence-electron chi connectivity index (χ1n) is 6.33. The summed E-state index contributed by atoms with van der Waals surface area (Å²) >= 11 is 19.6. The van der Waals surface area contributed by atoms with Gasteiger partial charge in [0.05, 0.1) is 0 Å². The Kier molecular flexibility index (Phi) is 6.41. The molecule has 2 aromatic rings. The van der Waals surface area contributed by atoms with E-state index >= 15 is 0 Å². The lowest BCUT2D eigenvalue weighted by Gasteiger charge is -2.16. The van der Waals surface area contributed by atoms with E-state index in [1.807, 2.05) is 24.3 Å². The Morgan fingerprint density at radius 2 is 1.60 bits per heavy atom. The molecule has 20 heavy (non-hydrogen) atoms. The van der Waals surface area contributed by atoms with E-state index in [-0.39, 0.29) is 0 Å². The minimum absolute atomic E-state index is 0.460. The van der Waals surface area contributed by atoms with E-state index in [0.717, 1.165) is 38.3 Å². The third kappa shape index (κ3) is 4.49. The highest BCUT2D eigenvalue weighted by atomic mass is 79.9. The average molecular weight is 437 g/mol. The van der Waals surface area contributed by atoms with E-state index in [0.29, 0.717) is 5.92 Å². The Morgan fingerprint density at radius 1 is 0.950 bits per heavy atom. The second kappa shape index (κ2) is 7.84. The predicted molar refractivity (Wildman–Crippen MR) is 95.3 cm³/mol. The third-order valence-corrected chi connectivity index (χ3v) is 5.30. The molecule has 0 N–H and O–H groups in total. The minimum Gasteiger partial charge on any atom is -0.0925 e. The summed E-state index contributed by atoms with van der Waals surface area (Å²) in [6.07, 6.45) is 1.86. The van der Waals surface area contributed by atoms with Crippen LogP contribution >= 0.6 is 55.1 Å². The molecule has 0 fully saturated rings. The zero-order chi connectivity index (χ0) is 14.5. The summed E-state index contributed by atoms with van der Waals surface area (Å²) in [6.45, 7) is 0. The van der Waals surface area contributed by atoms with Crippen molar-refractivity contribution >= 4 is 55.1 Å². The van der Waals surface area contributed by atoms with Gasteiger partial charge in [-0.05, 0) is 54.2 Å². The average Bonchev–Trinajstić information content (AvgIpc) is 2.42. The van der Waals surface area contributed by atoms with Crippen molar-refractivity contribution in [1.82, 2.24) is 0 Å². The van der Waals surface area contributed by atoms with Gasteiger partial charge in [0.25, 0.3) is 0 Å². The number of halogens is 4. The lowest BCUT2D eigenvalue weighted by molar-refractivity contribution is 0.591. The summed E-state index contributed by atoms with van der Waals surface area (Å²) in [4.78, 5) is 0. The van der Waals surface area contributed by atoms with Crippen molar-refractivity contribution < 1.29 is 0 Å². The standard InChI is InChI=1S/C16H14Br2Cl2/c17-10-12(7-11-3-1-4-13(18)8-11)9-14-15(19)5-2-6-16(14)20/h1-6,8,12H,7,9-10H2. The molecule has 2 rings (SSSR count). The van der Waals surface area contributed by atoms with E-state index in [1.54, 1.807) is 0 Å². The maximum atomic E-state index is 6.25. The fraction of sp³-hybridized carbons (Fsp3) is 0.250. The summed E-state index contributed by atoms with van der Waals surface area (Å²) in [5.41, 5.74) is 2.35. The molecule has 0 aromatic heterocycles. The summed E-state index contributed by atoms with van der Waals surface area (Å²) in [6, 6.07) is 14.1. The van der Waals surface area contributed by atoms with E-state index in [1.165, 1.54) is 5.56 Å². The lowest BCUT2D eigenvalue weighted by Crippen LogP contribution is -2.10. The molecule has 0 bridgehead atoms. The highest BCUT2D eigenvalue weighted by Crippen LogP contribution is 2.29. The van der Waals surface area contributed by atoms with Gasteiger partial charge in [-0.2, -0.15) is 0 Å². The van der Waals surface area contributed by atoms with Crippen LogP contribution in [0.25, 0.3) is 0 Å². The van der Waals surface area contributed by atoms with Gasteiger partial charge < -0.3 is 0 Å². The van der Waals surface area contributed by atoms with Crippen LogP contribution < -0.4 is 0 Å². The first-order valence-corrected chi connectivity index (χ1v) is 9.00. The molecular formula is C16H14Br2Cl2. The van der Waals surface area contributed by atoms with Gasteiger partial charge in [-0.1, -0.05) is 73.3 Å². The second-order valence-corrected chi connectivity index (χ2v) is 7.14. The third-order valence-electron chi connectivity index (χ3n) is 3.19. The fourth-order valence-electron chi connectivity index (χ4n) is 2.19. The molecule has 0 spiro atoms. The first kappa shape index (κ1) is 16.4. The van der Waals surface area contributed by atoms with E-state index in [4.69, 9.17) is 23.2 Å². The van der Waals surface area contributed by atoms with Gasteiger partial charge in [-0.3, -0.25) is 0 Å². The number of benzene rings is 2. The highest BCUT2D eigenvalue weighted by Gasteiger charge is 2.14. The van der Waals surface area contributed by atoms with Crippen molar-refractivity contribution in [2.24, 2.45) is 5.92 Å². The minimum atomic E-state index is 0.460. The largest absolute Gasteiger partial charge is 0.0925 e. The number of rotatable bonds is 5. The summed E-state index contributed by atoms with van der Waals surface area (Å²) in [7, 11) is 0. The molecule has 0 heterocycles. The molecule has 1 atom stereocenters. The van der Waals surface area contributed by atoms with Crippen LogP contribution in [-0.4, -0.2) is 5.33 Å². The van der Waals surface area contributed by atoms with Gasteiger partial charge >= 0.3 is 0 Å². The molecule has 0 aliphatic rings. The Hall–Kier alpha value is -0.0200. The summed E-state index contributed by atoms with van der Waals surface area (Å²) in [5, 5.41) is 2.41. The van der Waals surface area contributed by atoms with Crippen molar-refractivity contribution in [3.05, 3.63) is 68.1 Å². The van der Waals surface area contributed by atoms with Crippen LogP contribution in [0.15, 0.2) is 46.9 Å². The molecule has 0 nitrogen and oxygen atoms in total. The maximum absolute atomic E-state index is 6.25. The SMILES string of the molecule is Clc1cccc(Cl)c1CC(CBr)Cc1cccc(Br)c1. The monoisotopic (exact) mass is 434 g/mol. The van der Waals surface area contributed by atoms with Gasteiger partial charge in [-0.25, -0.2) is 0 Å². The number of alkyl halides is 1. The number of hydrogen-bond acceptors (Lipinski definition) is 0. The molecule has 4 heteroatoms. The van der Waals surface area contributed by atoms with Gasteiger partial charge in [0.2, 0.25) is 0 Å². The Bertz CT molecular complexity index is 564. The van der Waals surface area contributed by atoms with Crippen LogP contribution in [0, 0.1) is 5.92 Å². The van der Waals surface area contributed by atoms with Crippen LogP contribution in [0.4, 0.5) is 0 Å². The molecule has 0 saturated heterocycles. The Labute approximate surface area is 146 Å². The Morgan fingerprint density at radius 3 is 2.20 bits per heavy atom. The molecule has 106 valence electrons. The second-order valence-electron chi connectivity index (χ2n) is 4.76. The molecule has 2 aromatic carbocycles. The number of hydrogen-bond donors (Lipinski definition) is 0. The zero-order valence-corrected chi connectivity index (χ0v) is 15.4. The lowest BCUT2D eigenvalue weighted by atomic mass is 9.94. The van der Waals surface area contributed by atoms with Crippen molar-refractivity contribution in [2.45, 2.75) is 12.8 Å². The van der Waals surface area contributed by atoms with Crippen LogP contribution in [0.3, 0.4) is 0 Å². The normalized spacial score (nSPS) is 12.4. The maximum Gasteiger partial charge on any atom is 0.0452 e. The van der Waals surface area contributed by atoms with Crippen LogP contribution in [0.1, 0.15) is 11.1 Å². The van der Waals surface area contributed by atoms with Crippen LogP contribution in [0.2, 0.25) is 10.0 Å². The quantitative estimate of drug-likeness (QED) is 0.466. The van der Waals surface area contributed by atoms with E-state index in [2.05, 4.69) is 50.1 Å². The topological polar surface area (TPSA) is 0 Å². The molecule has 0 saturated carbocycles. The first-order chi connectivity index (χ1) is 9.60. The van der Waals surface area contributed by atoms with Gasteiger partial charge in [0.15, 0.2) is 0 Å². The summed E-state index contributed by atoms with van der Waals surface area (Å²) in [5.74, 6) is 0.460. The van der Waals surface area contributed by atoms with Crippen molar-refractivity contribution in [3.63, 3.8) is 0 Å². The molecule has 0 aliphatic heterocycles. The van der Waals surface area contributed by atoms with E-state index in [9.17, 15) is 0 Å². The highest BCUT2D eigenvalue weighted by molar-refractivity contribution is 9.10. The van der Waals surface area contributed by atoms with Crippen molar-refractivity contribution in [1.29, 1.82) is 0 Å². The molecule has 0 radical (unpaired) electrons. The fourth-order valence-corrected chi connectivity index (χ4v) is 3.65. The molecule has 1 unspecified atom stereocenters. The van der Waals surface area contributed by atoms with Gasteiger partial charge in [-0.15, -0.1) is 0 Å². The summed E-state index contributed by atoms with van der Waals surface area (Å²) < 4.78 is 1.11.